The van der Waals surface area contributed by atoms with E-state index in [2.05, 4.69) is 5.32 Å². The summed E-state index contributed by atoms with van der Waals surface area (Å²) >= 11 is 0. The van der Waals surface area contributed by atoms with E-state index in [1.54, 1.807) is 18.9 Å². The summed E-state index contributed by atoms with van der Waals surface area (Å²) in [5, 5.41) is 4.32. The van der Waals surface area contributed by atoms with Crippen LogP contribution in [0.1, 0.15) is 6.92 Å². The number of hydrogen-bond donors (Lipinski definition) is 2. The maximum atomic E-state index is 11.8. The van der Waals surface area contributed by atoms with E-state index in [9.17, 15) is 9.59 Å². The Morgan fingerprint density at radius 1 is 1.15 bits per heavy atom. The number of amides is 3. The van der Waals surface area contributed by atoms with Crippen LogP contribution in [-0.4, -0.2) is 25.0 Å². The number of nitrogens with zero attached hydrogens (tertiary/aromatic N) is 1. The Morgan fingerprint density at radius 2 is 1.80 bits per heavy atom. The second-order valence-electron chi connectivity index (χ2n) is 4.67. The molecule has 1 atom stereocenters. The quantitative estimate of drug-likeness (QED) is 0.894. The minimum atomic E-state index is -0.839. The molecular formula is C15H17N3O2. The predicted octanol–water partition coefficient (Wildman–Crippen LogP) is 1.86. The van der Waals surface area contributed by atoms with Gasteiger partial charge in [-0.15, -0.1) is 0 Å². The number of urea groups is 1. The van der Waals surface area contributed by atoms with Gasteiger partial charge in [0.2, 0.25) is 5.91 Å². The van der Waals surface area contributed by atoms with Crippen molar-refractivity contribution < 1.29 is 9.59 Å². The van der Waals surface area contributed by atoms with Crippen molar-refractivity contribution in [3.8, 4) is 0 Å². The molecule has 2 aromatic rings. The standard InChI is InChI=1S/C15H17N3O2/c1-10(14(19)17-15(16)20)18(2)13-8-7-11-5-3-4-6-12(11)9-13/h3-10H,1-2H3,(H3,16,17,19,20)/t10-/m0/s1. The van der Waals surface area contributed by atoms with Crippen molar-refractivity contribution in [3.05, 3.63) is 42.5 Å². The van der Waals surface area contributed by atoms with Crippen molar-refractivity contribution in [2.75, 3.05) is 11.9 Å². The van der Waals surface area contributed by atoms with Crippen LogP contribution in [0.25, 0.3) is 10.8 Å². The summed E-state index contributed by atoms with van der Waals surface area (Å²) in [5.74, 6) is -0.423. The topological polar surface area (TPSA) is 75.4 Å². The molecule has 104 valence electrons. The van der Waals surface area contributed by atoms with Crippen molar-refractivity contribution in [1.82, 2.24) is 5.32 Å². The van der Waals surface area contributed by atoms with Gasteiger partial charge in [0.1, 0.15) is 6.04 Å². The van der Waals surface area contributed by atoms with Crippen molar-refractivity contribution in [2.24, 2.45) is 5.73 Å². The van der Waals surface area contributed by atoms with Crippen LogP contribution < -0.4 is 16.0 Å². The Morgan fingerprint density at radius 3 is 2.45 bits per heavy atom. The van der Waals surface area contributed by atoms with Gasteiger partial charge in [0.15, 0.2) is 0 Å². The fourth-order valence-corrected chi connectivity index (χ4v) is 2.02. The molecule has 0 aromatic heterocycles. The number of nitrogens with one attached hydrogen (secondary N) is 1. The maximum absolute atomic E-state index is 11.8. The monoisotopic (exact) mass is 271 g/mol. The number of anilines is 1. The fourth-order valence-electron chi connectivity index (χ4n) is 2.02. The highest BCUT2D eigenvalue weighted by Gasteiger charge is 2.19. The average molecular weight is 271 g/mol. The van der Waals surface area contributed by atoms with Gasteiger partial charge in [0.05, 0.1) is 0 Å². The number of benzene rings is 2. The number of hydrogen-bond acceptors (Lipinski definition) is 3. The molecule has 0 fully saturated rings. The molecule has 0 bridgehead atoms. The van der Waals surface area contributed by atoms with Gasteiger partial charge < -0.3 is 10.6 Å². The highest BCUT2D eigenvalue weighted by atomic mass is 16.2. The van der Waals surface area contributed by atoms with Gasteiger partial charge in [-0.1, -0.05) is 30.3 Å². The number of fused-ring (bicyclic) bond motifs is 1. The number of rotatable bonds is 3. The second kappa shape index (κ2) is 5.61. The van der Waals surface area contributed by atoms with E-state index >= 15 is 0 Å². The van der Waals surface area contributed by atoms with Gasteiger partial charge in [-0.3, -0.25) is 10.1 Å². The van der Waals surface area contributed by atoms with Gasteiger partial charge in [-0.25, -0.2) is 4.79 Å². The third-order valence-electron chi connectivity index (χ3n) is 3.35. The van der Waals surface area contributed by atoms with E-state index in [1.807, 2.05) is 42.5 Å². The highest BCUT2D eigenvalue weighted by Crippen LogP contribution is 2.22. The molecule has 0 saturated carbocycles. The van der Waals surface area contributed by atoms with Gasteiger partial charge in [-0.05, 0) is 29.8 Å². The van der Waals surface area contributed by atoms with Gasteiger partial charge in [0, 0.05) is 12.7 Å². The summed E-state index contributed by atoms with van der Waals surface area (Å²) in [7, 11) is 1.80. The van der Waals surface area contributed by atoms with Crippen LogP contribution in [-0.2, 0) is 4.79 Å². The van der Waals surface area contributed by atoms with Crippen LogP contribution in [0, 0.1) is 0 Å². The molecule has 5 heteroatoms. The fraction of sp³-hybridized carbons (Fsp3) is 0.200. The molecule has 0 unspecified atom stereocenters. The van der Waals surface area contributed by atoms with E-state index in [1.165, 1.54) is 0 Å². The number of carbonyl (C=O) groups is 2. The summed E-state index contributed by atoms with van der Waals surface area (Å²) < 4.78 is 0. The minimum Gasteiger partial charge on any atom is -0.363 e. The van der Waals surface area contributed by atoms with E-state index in [0.29, 0.717) is 0 Å². The predicted molar refractivity (Wildman–Crippen MR) is 79.5 cm³/mol. The lowest BCUT2D eigenvalue weighted by Crippen LogP contribution is -2.47. The third kappa shape index (κ3) is 2.88. The first-order valence-corrected chi connectivity index (χ1v) is 6.31. The molecule has 3 N–H and O–H groups in total. The van der Waals surface area contributed by atoms with Gasteiger partial charge >= 0.3 is 6.03 Å². The van der Waals surface area contributed by atoms with Crippen LogP contribution in [0.2, 0.25) is 0 Å². The molecule has 0 heterocycles. The maximum Gasteiger partial charge on any atom is 0.318 e. The lowest BCUT2D eigenvalue weighted by Gasteiger charge is -2.25. The zero-order valence-electron chi connectivity index (χ0n) is 11.5. The van der Waals surface area contributed by atoms with E-state index in [0.717, 1.165) is 16.5 Å². The van der Waals surface area contributed by atoms with Crippen molar-refractivity contribution in [1.29, 1.82) is 0 Å². The van der Waals surface area contributed by atoms with E-state index in [-0.39, 0.29) is 0 Å². The average Bonchev–Trinajstić information content (AvgIpc) is 2.44. The van der Waals surface area contributed by atoms with Crippen molar-refractivity contribution in [3.63, 3.8) is 0 Å². The molecule has 0 aliphatic carbocycles. The lowest BCUT2D eigenvalue weighted by atomic mass is 10.1. The summed E-state index contributed by atoms with van der Waals surface area (Å²) in [5.41, 5.74) is 5.85. The minimum absolute atomic E-state index is 0.423. The first kappa shape index (κ1) is 13.9. The summed E-state index contributed by atoms with van der Waals surface area (Å²) in [6.07, 6.45) is 0. The first-order valence-electron chi connectivity index (χ1n) is 6.31. The molecule has 0 saturated heterocycles. The molecule has 2 aromatic carbocycles. The third-order valence-corrected chi connectivity index (χ3v) is 3.35. The smallest absolute Gasteiger partial charge is 0.318 e. The lowest BCUT2D eigenvalue weighted by molar-refractivity contribution is -0.120. The SMILES string of the molecule is C[C@@H](C(=O)NC(N)=O)N(C)c1ccc2ccccc2c1. The Labute approximate surface area is 117 Å². The van der Waals surface area contributed by atoms with Crippen LogP contribution in [0.15, 0.2) is 42.5 Å². The zero-order chi connectivity index (χ0) is 14.7. The highest BCUT2D eigenvalue weighted by molar-refractivity contribution is 5.98. The number of imide groups is 1. The first-order chi connectivity index (χ1) is 9.49. The number of likely N-dealkylation sites (N-methyl/N-ethyl adjacent to an activating group) is 1. The molecule has 3 amide bonds. The molecule has 0 radical (unpaired) electrons. The van der Waals surface area contributed by atoms with E-state index < -0.39 is 18.0 Å². The molecular weight excluding hydrogens is 254 g/mol. The van der Waals surface area contributed by atoms with Crippen LogP contribution >= 0.6 is 0 Å². The molecule has 5 nitrogen and oxygen atoms in total. The van der Waals surface area contributed by atoms with Crippen LogP contribution in [0.5, 0.6) is 0 Å². The molecule has 20 heavy (non-hydrogen) atoms. The molecule has 2 rings (SSSR count). The van der Waals surface area contributed by atoms with Crippen LogP contribution in [0.4, 0.5) is 10.5 Å². The number of nitrogens with two attached hydrogens (primary N) is 1. The molecule has 0 aliphatic rings. The Balaban J connectivity index is 2.24. The van der Waals surface area contributed by atoms with E-state index in [4.69, 9.17) is 5.73 Å². The Kier molecular flexibility index (Phi) is 3.89. The molecule has 0 spiro atoms. The van der Waals surface area contributed by atoms with Crippen molar-refractivity contribution in [2.45, 2.75) is 13.0 Å². The van der Waals surface area contributed by atoms with Gasteiger partial charge in [-0.2, -0.15) is 0 Å². The Bertz CT molecular complexity index is 654. The summed E-state index contributed by atoms with van der Waals surface area (Å²) in [6.45, 7) is 1.72. The Hall–Kier alpha value is -2.56. The van der Waals surface area contributed by atoms with Crippen LogP contribution in [0.3, 0.4) is 0 Å². The normalized spacial score (nSPS) is 11.9. The largest absolute Gasteiger partial charge is 0.363 e. The number of carbonyl (C=O) groups excluding carboxylic acids is 2. The molecule has 0 aliphatic heterocycles. The number of primary amides is 1. The van der Waals surface area contributed by atoms with Gasteiger partial charge in [0.25, 0.3) is 0 Å². The summed E-state index contributed by atoms with van der Waals surface area (Å²) in [6, 6.07) is 12.6. The van der Waals surface area contributed by atoms with Crippen molar-refractivity contribution >= 4 is 28.4 Å². The zero-order valence-corrected chi connectivity index (χ0v) is 11.5. The summed E-state index contributed by atoms with van der Waals surface area (Å²) in [4.78, 5) is 24.3. The second-order valence-corrected chi connectivity index (χ2v) is 4.67.